The molecule has 0 saturated heterocycles. The van der Waals surface area contributed by atoms with Crippen molar-refractivity contribution in [1.29, 1.82) is 0 Å². The predicted molar refractivity (Wildman–Crippen MR) is 70.3 cm³/mol. The van der Waals surface area contributed by atoms with Gasteiger partial charge in [-0.15, -0.1) is 6.42 Å². The van der Waals surface area contributed by atoms with Gasteiger partial charge in [0.15, 0.2) is 0 Å². The van der Waals surface area contributed by atoms with Gasteiger partial charge in [-0.2, -0.15) is 0 Å². The Labute approximate surface area is 108 Å². The molecule has 0 N–H and O–H groups in total. The van der Waals surface area contributed by atoms with E-state index in [4.69, 9.17) is 11.2 Å². The van der Waals surface area contributed by atoms with Gasteiger partial charge in [0.2, 0.25) is 0 Å². The molecule has 0 fully saturated rings. The maximum Gasteiger partial charge on any atom is 0.308 e. The van der Waals surface area contributed by atoms with Gasteiger partial charge < -0.3 is 4.74 Å². The summed E-state index contributed by atoms with van der Waals surface area (Å²) in [6, 6.07) is 6.18. The molecule has 3 nitrogen and oxygen atoms in total. The first kappa shape index (κ1) is 12.7. The molecule has 1 atom stereocenters. The van der Waals surface area contributed by atoms with E-state index in [1.54, 1.807) is 0 Å². The Morgan fingerprint density at radius 1 is 1.61 bits per heavy atom. The Balaban J connectivity index is 2.25. The van der Waals surface area contributed by atoms with E-state index in [2.05, 4.69) is 10.8 Å². The van der Waals surface area contributed by atoms with Gasteiger partial charge in [-0.1, -0.05) is 12.0 Å². The summed E-state index contributed by atoms with van der Waals surface area (Å²) in [4.78, 5) is 13.1. The fourth-order valence-electron chi connectivity index (χ4n) is 2.50. The van der Waals surface area contributed by atoms with Gasteiger partial charge in [0.05, 0.1) is 6.54 Å². The van der Waals surface area contributed by atoms with Crippen molar-refractivity contribution in [2.24, 2.45) is 0 Å². The normalized spacial score (nSPS) is 17.3. The summed E-state index contributed by atoms with van der Waals surface area (Å²) < 4.78 is 5.13. The van der Waals surface area contributed by atoms with Gasteiger partial charge in [0.1, 0.15) is 5.75 Å². The van der Waals surface area contributed by atoms with E-state index < -0.39 is 0 Å². The number of esters is 1. The Kier molecular flexibility index (Phi) is 3.69. The third kappa shape index (κ3) is 2.55. The van der Waals surface area contributed by atoms with Crippen molar-refractivity contribution < 1.29 is 9.53 Å². The number of hydrogen-bond donors (Lipinski definition) is 0. The standard InChI is InChI=1S/C15H17NO2/c1-4-9-16(3)15-8-6-12-5-7-13(10-14(12)15)18-11(2)17/h1,5,7,10,15H,6,8-9H2,2-3H3/t15-/m1/s1. The van der Waals surface area contributed by atoms with Crippen molar-refractivity contribution in [2.75, 3.05) is 13.6 Å². The van der Waals surface area contributed by atoms with E-state index in [1.807, 2.05) is 25.2 Å². The molecule has 0 spiro atoms. The smallest absolute Gasteiger partial charge is 0.308 e. The number of carbonyl (C=O) groups is 1. The van der Waals surface area contributed by atoms with Gasteiger partial charge in [0, 0.05) is 13.0 Å². The number of aryl methyl sites for hydroxylation is 1. The lowest BCUT2D eigenvalue weighted by atomic mass is 10.1. The SMILES string of the molecule is C#CCN(C)[C@@H]1CCc2ccc(OC(C)=O)cc21. The Hall–Kier alpha value is -1.79. The molecule has 0 unspecified atom stereocenters. The summed E-state index contributed by atoms with van der Waals surface area (Å²) >= 11 is 0. The molecule has 0 aromatic heterocycles. The van der Waals surface area contributed by atoms with E-state index in [-0.39, 0.29) is 5.97 Å². The molecule has 2 rings (SSSR count). The van der Waals surface area contributed by atoms with Gasteiger partial charge in [-0.3, -0.25) is 9.69 Å². The van der Waals surface area contributed by atoms with Crippen LogP contribution in [0.15, 0.2) is 18.2 Å². The third-order valence-electron chi connectivity index (χ3n) is 3.30. The van der Waals surface area contributed by atoms with Crippen LogP contribution in [0.3, 0.4) is 0 Å². The van der Waals surface area contributed by atoms with Gasteiger partial charge in [-0.05, 0) is 43.1 Å². The lowest BCUT2D eigenvalue weighted by Crippen LogP contribution is -2.23. The lowest BCUT2D eigenvalue weighted by Gasteiger charge is -2.23. The fourth-order valence-corrected chi connectivity index (χ4v) is 2.50. The summed E-state index contributed by atoms with van der Waals surface area (Å²) in [5.41, 5.74) is 2.55. The van der Waals surface area contributed by atoms with Gasteiger partial charge >= 0.3 is 5.97 Å². The number of carbonyl (C=O) groups excluding carboxylic acids is 1. The van der Waals surface area contributed by atoms with Crippen LogP contribution in [0.2, 0.25) is 0 Å². The number of fused-ring (bicyclic) bond motifs is 1. The molecule has 18 heavy (non-hydrogen) atoms. The number of terminal acetylenes is 1. The average Bonchev–Trinajstić information content (AvgIpc) is 2.71. The number of rotatable bonds is 3. The monoisotopic (exact) mass is 243 g/mol. The molecule has 0 amide bonds. The molecular weight excluding hydrogens is 226 g/mol. The van der Waals surface area contributed by atoms with E-state index in [9.17, 15) is 4.79 Å². The van der Waals surface area contributed by atoms with Crippen molar-refractivity contribution in [2.45, 2.75) is 25.8 Å². The van der Waals surface area contributed by atoms with E-state index in [0.29, 0.717) is 18.3 Å². The summed E-state index contributed by atoms with van der Waals surface area (Å²) in [6.07, 6.45) is 7.47. The van der Waals surface area contributed by atoms with E-state index >= 15 is 0 Å². The number of benzene rings is 1. The van der Waals surface area contributed by atoms with Crippen LogP contribution in [-0.2, 0) is 11.2 Å². The third-order valence-corrected chi connectivity index (χ3v) is 3.30. The molecule has 0 aliphatic heterocycles. The zero-order valence-corrected chi connectivity index (χ0v) is 10.8. The lowest BCUT2D eigenvalue weighted by molar-refractivity contribution is -0.131. The topological polar surface area (TPSA) is 29.5 Å². The second-order valence-electron chi connectivity index (χ2n) is 4.63. The van der Waals surface area contributed by atoms with Crippen LogP contribution in [0, 0.1) is 12.3 Å². The number of hydrogen-bond acceptors (Lipinski definition) is 3. The molecule has 0 radical (unpaired) electrons. The van der Waals surface area contributed by atoms with E-state index in [1.165, 1.54) is 18.1 Å². The van der Waals surface area contributed by atoms with Crippen molar-refractivity contribution >= 4 is 5.97 Å². The Morgan fingerprint density at radius 2 is 2.39 bits per heavy atom. The van der Waals surface area contributed by atoms with Gasteiger partial charge in [0.25, 0.3) is 0 Å². The Bertz CT molecular complexity index is 502. The van der Waals surface area contributed by atoms with Gasteiger partial charge in [-0.25, -0.2) is 0 Å². The Morgan fingerprint density at radius 3 is 3.06 bits per heavy atom. The molecule has 3 heteroatoms. The van der Waals surface area contributed by atoms with Crippen LogP contribution < -0.4 is 4.74 Å². The highest BCUT2D eigenvalue weighted by atomic mass is 16.5. The second-order valence-corrected chi connectivity index (χ2v) is 4.63. The number of nitrogens with zero attached hydrogens (tertiary/aromatic N) is 1. The molecule has 0 heterocycles. The second kappa shape index (κ2) is 5.24. The van der Waals surface area contributed by atoms with Crippen molar-refractivity contribution in [3.63, 3.8) is 0 Å². The molecule has 1 aliphatic rings. The molecule has 94 valence electrons. The zero-order chi connectivity index (χ0) is 13.1. The van der Waals surface area contributed by atoms with Crippen molar-refractivity contribution in [1.82, 2.24) is 4.90 Å². The first-order valence-electron chi connectivity index (χ1n) is 6.06. The van der Waals surface area contributed by atoms with Crippen LogP contribution >= 0.6 is 0 Å². The first-order chi connectivity index (χ1) is 8.61. The van der Waals surface area contributed by atoms with Crippen LogP contribution in [0.1, 0.15) is 30.5 Å². The van der Waals surface area contributed by atoms with E-state index in [0.717, 1.165) is 12.8 Å². The largest absolute Gasteiger partial charge is 0.427 e. The minimum atomic E-state index is -0.290. The van der Waals surface area contributed by atoms with Crippen LogP contribution in [-0.4, -0.2) is 24.5 Å². The highest BCUT2D eigenvalue weighted by Gasteiger charge is 2.26. The molecule has 1 aromatic rings. The molecule has 0 bridgehead atoms. The molecule has 0 saturated carbocycles. The first-order valence-corrected chi connectivity index (χ1v) is 6.06. The molecular formula is C15H17NO2. The maximum atomic E-state index is 11.0. The number of ether oxygens (including phenoxy) is 1. The highest BCUT2D eigenvalue weighted by molar-refractivity contribution is 5.69. The fraction of sp³-hybridized carbons (Fsp3) is 0.400. The highest BCUT2D eigenvalue weighted by Crippen LogP contribution is 2.36. The summed E-state index contributed by atoms with van der Waals surface area (Å²) in [6.45, 7) is 2.04. The summed E-state index contributed by atoms with van der Waals surface area (Å²) in [5.74, 6) is 2.99. The van der Waals surface area contributed by atoms with Crippen LogP contribution in [0.5, 0.6) is 5.75 Å². The summed E-state index contributed by atoms with van der Waals surface area (Å²) in [7, 11) is 2.03. The minimum absolute atomic E-state index is 0.290. The zero-order valence-electron chi connectivity index (χ0n) is 10.8. The van der Waals surface area contributed by atoms with Crippen LogP contribution in [0.25, 0.3) is 0 Å². The minimum Gasteiger partial charge on any atom is -0.427 e. The average molecular weight is 243 g/mol. The summed E-state index contributed by atoms with van der Waals surface area (Å²) in [5, 5.41) is 0. The van der Waals surface area contributed by atoms with Crippen molar-refractivity contribution in [3.8, 4) is 18.1 Å². The molecule has 1 aromatic carbocycles. The molecule has 1 aliphatic carbocycles. The predicted octanol–water partition coefficient (Wildman–Crippen LogP) is 2.16. The van der Waals surface area contributed by atoms with Crippen molar-refractivity contribution in [3.05, 3.63) is 29.3 Å². The van der Waals surface area contributed by atoms with Crippen LogP contribution in [0.4, 0.5) is 0 Å². The maximum absolute atomic E-state index is 11.0. The quantitative estimate of drug-likeness (QED) is 0.463.